The summed E-state index contributed by atoms with van der Waals surface area (Å²) in [5.41, 5.74) is 5.11. The number of carbonyl (C=O) groups is 2. The minimum Gasteiger partial charge on any atom is -0.482 e. The first-order valence-corrected chi connectivity index (χ1v) is 12.1. The number of carbonyl (C=O) groups excluding carboxylic acids is 2. The Balaban J connectivity index is 1.42. The molecule has 0 N–H and O–H groups in total. The van der Waals surface area contributed by atoms with E-state index in [-0.39, 0.29) is 24.8 Å². The van der Waals surface area contributed by atoms with Gasteiger partial charge >= 0.3 is 0 Å². The zero-order valence-corrected chi connectivity index (χ0v) is 19.8. The molecule has 4 aromatic rings. The van der Waals surface area contributed by atoms with Gasteiger partial charge in [-0.25, -0.2) is 4.98 Å². The van der Waals surface area contributed by atoms with E-state index in [9.17, 15) is 9.59 Å². The summed E-state index contributed by atoms with van der Waals surface area (Å²) in [4.78, 5) is 32.1. The summed E-state index contributed by atoms with van der Waals surface area (Å²) in [6, 6.07) is 23.3. The van der Waals surface area contributed by atoms with Crippen molar-refractivity contribution in [1.29, 1.82) is 0 Å². The number of amides is 1. The van der Waals surface area contributed by atoms with Gasteiger partial charge in [0.15, 0.2) is 12.4 Å². The van der Waals surface area contributed by atoms with Crippen LogP contribution in [-0.2, 0) is 4.79 Å². The van der Waals surface area contributed by atoms with Gasteiger partial charge in [0.1, 0.15) is 10.8 Å². The van der Waals surface area contributed by atoms with Crippen LogP contribution in [0.3, 0.4) is 0 Å². The maximum atomic E-state index is 13.0. The lowest BCUT2D eigenvalue weighted by atomic mass is 10.00. The van der Waals surface area contributed by atoms with Gasteiger partial charge in [0.05, 0.1) is 17.9 Å². The van der Waals surface area contributed by atoms with Crippen LogP contribution in [0.1, 0.15) is 35.7 Å². The molecule has 1 aromatic heterocycles. The zero-order valence-electron chi connectivity index (χ0n) is 19.0. The molecule has 1 aliphatic heterocycles. The Hall–Kier alpha value is -3.77. The molecule has 3 aromatic carbocycles. The Morgan fingerprint density at radius 2 is 1.79 bits per heavy atom. The molecule has 34 heavy (non-hydrogen) atoms. The Kier molecular flexibility index (Phi) is 5.99. The van der Waals surface area contributed by atoms with E-state index in [4.69, 9.17) is 9.72 Å². The first-order valence-electron chi connectivity index (χ1n) is 11.2. The average Bonchev–Trinajstić information content (AvgIpc) is 3.36. The number of nitrogens with zero attached hydrogens (tertiary/aromatic N) is 2. The van der Waals surface area contributed by atoms with Crippen molar-refractivity contribution in [1.82, 2.24) is 4.98 Å². The highest BCUT2D eigenvalue weighted by atomic mass is 32.1. The summed E-state index contributed by atoms with van der Waals surface area (Å²) in [6.07, 6.45) is 0. The third-order valence-electron chi connectivity index (χ3n) is 5.92. The zero-order chi connectivity index (χ0) is 23.7. The summed E-state index contributed by atoms with van der Waals surface area (Å²) in [6.45, 7) is 4.11. The fourth-order valence-corrected chi connectivity index (χ4v) is 4.78. The molecule has 6 heteroatoms. The second kappa shape index (κ2) is 9.23. The number of fused-ring (bicyclic) bond motifs is 1. The van der Waals surface area contributed by atoms with E-state index in [2.05, 4.69) is 13.8 Å². The maximum absolute atomic E-state index is 13.0. The molecule has 0 spiro atoms. The Morgan fingerprint density at radius 1 is 1.03 bits per heavy atom. The molecule has 0 atom stereocenters. The first kappa shape index (κ1) is 22.0. The number of ether oxygens (including phenoxy) is 1. The van der Waals surface area contributed by atoms with Crippen LogP contribution in [0.2, 0.25) is 0 Å². The minimum absolute atomic E-state index is 0.0357. The monoisotopic (exact) mass is 468 g/mol. The Morgan fingerprint density at radius 3 is 2.53 bits per heavy atom. The van der Waals surface area contributed by atoms with Crippen molar-refractivity contribution in [3.8, 4) is 27.6 Å². The van der Waals surface area contributed by atoms with Crippen molar-refractivity contribution in [2.24, 2.45) is 0 Å². The average molecular weight is 469 g/mol. The van der Waals surface area contributed by atoms with E-state index in [0.29, 0.717) is 22.9 Å². The summed E-state index contributed by atoms with van der Waals surface area (Å²) in [5.74, 6) is 0.634. The molecule has 0 bridgehead atoms. The number of benzene rings is 3. The lowest BCUT2D eigenvalue weighted by Crippen LogP contribution is -2.42. The van der Waals surface area contributed by atoms with Crippen LogP contribution in [0.15, 0.2) is 78.2 Å². The largest absolute Gasteiger partial charge is 0.482 e. The molecule has 5 rings (SSSR count). The van der Waals surface area contributed by atoms with Crippen LogP contribution < -0.4 is 9.64 Å². The molecule has 0 fully saturated rings. The number of hydrogen-bond donors (Lipinski definition) is 0. The lowest BCUT2D eigenvalue weighted by Gasteiger charge is -2.29. The highest BCUT2D eigenvalue weighted by Gasteiger charge is 2.28. The molecular formula is C28H24N2O3S. The predicted molar refractivity (Wildman–Crippen MR) is 136 cm³/mol. The van der Waals surface area contributed by atoms with Gasteiger partial charge in [-0.15, -0.1) is 11.3 Å². The molecule has 1 aliphatic rings. The number of ketones is 1. The molecule has 5 nitrogen and oxygen atoms in total. The van der Waals surface area contributed by atoms with Gasteiger partial charge in [0.25, 0.3) is 5.91 Å². The summed E-state index contributed by atoms with van der Waals surface area (Å²) in [5, 5.41) is 2.93. The van der Waals surface area contributed by atoms with E-state index >= 15 is 0 Å². The van der Waals surface area contributed by atoms with E-state index in [1.165, 1.54) is 10.5 Å². The Labute approximate surface area is 202 Å². The lowest BCUT2D eigenvalue weighted by molar-refractivity contribution is -0.121. The molecule has 170 valence electrons. The number of rotatable bonds is 6. The molecule has 0 radical (unpaired) electrons. The van der Waals surface area contributed by atoms with E-state index in [1.54, 1.807) is 11.3 Å². The van der Waals surface area contributed by atoms with Crippen LogP contribution in [0.5, 0.6) is 5.75 Å². The molecule has 0 unspecified atom stereocenters. The van der Waals surface area contributed by atoms with Crippen LogP contribution in [-0.4, -0.2) is 29.8 Å². The van der Waals surface area contributed by atoms with E-state index in [0.717, 1.165) is 21.8 Å². The summed E-state index contributed by atoms with van der Waals surface area (Å²) >= 11 is 1.57. The van der Waals surface area contributed by atoms with Crippen molar-refractivity contribution < 1.29 is 14.3 Å². The van der Waals surface area contributed by atoms with Gasteiger partial charge < -0.3 is 4.74 Å². The van der Waals surface area contributed by atoms with Crippen molar-refractivity contribution in [3.63, 3.8) is 0 Å². The van der Waals surface area contributed by atoms with Crippen molar-refractivity contribution >= 4 is 28.7 Å². The van der Waals surface area contributed by atoms with Crippen LogP contribution in [0.25, 0.3) is 21.8 Å². The first-order chi connectivity index (χ1) is 16.5. The van der Waals surface area contributed by atoms with Gasteiger partial charge in [-0.2, -0.15) is 0 Å². The van der Waals surface area contributed by atoms with Crippen molar-refractivity contribution in [3.05, 3.63) is 89.3 Å². The number of aromatic nitrogens is 1. The highest BCUT2D eigenvalue weighted by molar-refractivity contribution is 7.13. The number of hydrogen-bond acceptors (Lipinski definition) is 5. The van der Waals surface area contributed by atoms with Gasteiger partial charge in [0.2, 0.25) is 0 Å². The van der Waals surface area contributed by atoms with E-state index in [1.807, 2.05) is 78.2 Å². The van der Waals surface area contributed by atoms with Gasteiger partial charge in [0, 0.05) is 22.1 Å². The SMILES string of the molecule is CC(C)c1ccc(C(=O)CN2C(=O)COc3ccc(-c4csc(-c5ccccc5)n4)cc32)cc1. The topological polar surface area (TPSA) is 59.5 Å². The third-order valence-corrected chi connectivity index (χ3v) is 6.82. The molecule has 2 heterocycles. The second-order valence-corrected chi connectivity index (χ2v) is 9.41. The minimum atomic E-state index is -0.236. The smallest absolute Gasteiger partial charge is 0.265 e. The molecule has 0 saturated heterocycles. The fourth-order valence-electron chi connectivity index (χ4n) is 3.94. The van der Waals surface area contributed by atoms with Crippen LogP contribution >= 0.6 is 11.3 Å². The maximum Gasteiger partial charge on any atom is 0.265 e. The standard InChI is InChI=1S/C28H24N2O3S/c1-18(2)19-8-10-20(11-9-19)25(31)15-30-24-14-22(12-13-26(24)33-16-27(30)32)23-17-34-28(29-23)21-6-4-3-5-7-21/h3-14,17-18H,15-16H2,1-2H3. The predicted octanol–water partition coefficient (Wildman–Crippen LogP) is 6.21. The number of Topliss-reactive ketones (excluding diaryl/α,β-unsaturated/α-hetero) is 1. The number of thiazole rings is 1. The molecule has 1 amide bonds. The van der Waals surface area contributed by atoms with Gasteiger partial charge in [-0.1, -0.05) is 68.4 Å². The Bertz CT molecular complexity index is 1340. The quantitative estimate of drug-likeness (QED) is 0.316. The van der Waals surface area contributed by atoms with E-state index < -0.39 is 0 Å². The molecule has 0 aliphatic carbocycles. The fraction of sp³-hybridized carbons (Fsp3) is 0.179. The van der Waals surface area contributed by atoms with Crippen LogP contribution in [0, 0.1) is 0 Å². The summed E-state index contributed by atoms with van der Waals surface area (Å²) in [7, 11) is 0. The molecule has 0 saturated carbocycles. The van der Waals surface area contributed by atoms with Crippen LogP contribution in [0.4, 0.5) is 5.69 Å². The molecular weight excluding hydrogens is 444 g/mol. The van der Waals surface area contributed by atoms with Gasteiger partial charge in [-0.05, 0) is 29.7 Å². The third kappa shape index (κ3) is 4.37. The summed E-state index contributed by atoms with van der Waals surface area (Å²) < 4.78 is 5.64. The normalized spacial score (nSPS) is 13.0. The second-order valence-electron chi connectivity index (χ2n) is 8.55. The number of anilines is 1. The van der Waals surface area contributed by atoms with Gasteiger partial charge in [-0.3, -0.25) is 14.5 Å². The van der Waals surface area contributed by atoms with Crippen molar-refractivity contribution in [2.75, 3.05) is 18.1 Å². The van der Waals surface area contributed by atoms with Crippen molar-refractivity contribution in [2.45, 2.75) is 19.8 Å². The highest BCUT2D eigenvalue weighted by Crippen LogP contribution is 2.37.